The van der Waals surface area contributed by atoms with Gasteiger partial charge in [-0.15, -0.1) is 10.2 Å². The van der Waals surface area contributed by atoms with Gasteiger partial charge >= 0.3 is 0 Å². The van der Waals surface area contributed by atoms with Gasteiger partial charge < -0.3 is 11.1 Å². The summed E-state index contributed by atoms with van der Waals surface area (Å²) in [6.07, 6.45) is 0.664. The van der Waals surface area contributed by atoms with Gasteiger partial charge in [-0.2, -0.15) is 0 Å². The molecule has 0 aliphatic rings. The molecule has 0 fully saturated rings. The molecule has 4 N–H and O–H groups in total. The first-order chi connectivity index (χ1) is 10.6. The number of nitrogens with one attached hydrogen (secondary N) is 2. The molecule has 0 saturated carbocycles. The lowest BCUT2D eigenvalue weighted by atomic mass is 10.1. The largest absolute Gasteiger partial charge is 0.346 e. The first kappa shape index (κ1) is 16.1. The van der Waals surface area contributed by atoms with Crippen molar-refractivity contribution in [3.63, 3.8) is 0 Å². The summed E-state index contributed by atoms with van der Waals surface area (Å²) in [5, 5.41) is 14.2. The van der Waals surface area contributed by atoms with Crippen LogP contribution in [-0.4, -0.2) is 35.1 Å². The van der Waals surface area contributed by atoms with Crippen LogP contribution in [0.3, 0.4) is 0 Å². The average molecular weight is 319 g/mol. The third-order valence-electron chi connectivity index (χ3n) is 2.82. The lowest BCUT2D eigenvalue weighted by molar-refractivity contribution is -0.123. The molecule has 2 aromatic rings. The van der Waals surface area contributed by atoms with E-state index in [1.54, 1.807) is 0 Å². The minimum Gasteiger partial charge on any atom is -0.346 e. The van der Waals surface area contributed by atoms with Crippen LogP contribution < -0.4 is 16.4 Å². The molecule has 0 radical (unpaired) electrons. The summed E-state index contributed by atoms with van der Waals surface area (Å²) < 4.78 is 0. The van der Waals surface area contributed by atoms with Gasteiger partial charge in [-0.05, 0) is 12.5 Å². The van der Waals surface area contributed by atoms with Crippen molar-refractivity contribution >= 4 is 28.3 Å². The second kappa shape index (κ2) is 7.62. The van der Waals surface area contributed by atoms with E-state index in [1.807, 2.05) is 31.2 Å². The maximum Gasteiger partial charge on any atom is 0.245 e. The Hall–Kier alpha value is -2.32. The van der Waals surface area contributed by atoms with Crippen molar-refractivity contribution in [1.82, 2.24) is 15.5 Å². The summed E-state index contributed by atoms with van der Waals surface area (Å²) in [7, 11) is 0. The molecule has 2 rings (SSSR count). The van der Waals surface area contributed by atoms with E-state index in [1.165, 1.54) is 16.9 Å². The minimum absolute atomic E-state index is 0.136. The molecule has 0 bridgehead atoms. The van der Waals surface area contributed by atoms with Crippen LogP contribution in [0.25, 0.3) is 0 Å². The lowest BCUT2D eigenvalue weighted by Gasteiger charge is -2.02. The highest BCUT2D eigenvalue weighted by Gasteiger charge is 2.09. The number of aryl methyl sites for hydroxylation is 1. The third kappa shape index (κ3) is 4.90. The fourth-order valence-electron chi connectivity index (χ4n) is 1.67. The number of carbonyl (C=O) groups is 2. The highest BCUT2D eigenvalue weighted by Crippen LogP contribution is 2.18. The number of carbonyl (C=O) groups excluding carboxylic acids is 2. The van der Waals surface area contributed by atoms with Gasteiger partial charge in [0.1, 0.15) is 5.01 Å². The number of anilines is 1. The molecule has 0 spiro atoms. The summed E-state index contributed by atoms with van der Waals surface area (Å²) >= 11 is 1.31. The van der Waals surface area contributed by atoms with Gasteiger partial charge in [-0.1, -0.05) is 41.2 Å². The van der Waals surface area contributed by atoms with Gasteiger partial charge in [0.05, 0.1) is 13.1 Å². The van der Waals surface area contributed by atoms with Gasteiger partial charge in [0.2, 0.25) is 16.9 Å². The monoisotopic (exact) mass is 319 g/mol. The van der Waals surface area contributed by atoms with E-state index >= 15 is 0 Å². The quantitative estimate of drug-likeness (QED) is 0.716. The van der Waals surface area contributed by atoms with E-state index in [0.29, 0.717) is 11.6 Å². The molecule has 116 valence electrons. The molecule has 2 amide bonds. The van der Waals surface area contributed by atoms with Gasteiger partial charge in [0.15, 0.2) is 0 Å². The Kier molecular flexibility index (Phi) is 5.56. The van der Waals surface area contributed by atoms with Crippen LogP contribution in [0.1, 0.15) is 16.1 Å². The van der Waals surface area contributed by atoms with Crippen molar-refractivity contribution in [2.45, 2.75) is 13.3 Å². The number of aromatic nitrogens is 2. The Morgan fingerprint density at radius 2 is 1.91 bits per heavy atom. The minimum atomic E-state index is -0.382. The van der Waals surface area contributed by atoms with Crippen molar-refractivity contribution in [1.29, 1.82) is 0 Å². The fourth-order valence-corrected chi connectivity index (χ4v) is 2.46. The summed E-state index contributed by atoms with van der Waals surface area (Å²) in [5.74, 6) is -0.743. The Balaban J connectivity index is 1.87. The van der Waals surface area contributed by atoms with Crippen LogP contribution in [0.15, 0.2) is 24.3 Å². The number of benzene rings is 1. The molecule has 0 aliphatic carbocycles. The highest BCUT2D eigenvalue weighted by molar-refractivity contribution is 7.15. The van der Waals surface area contributed by atoms with E-state index in [-0.39, 0.29) is 24.9 Å². The lowest BCUT2D eigenvalue weighted by Crippen LogP contribution is -2.36. The molecule has 1 aromatic heterocycles. The normalized spacial score (nSPS) is 10.3. The smallest absolute Gasteiger partial charge is 0.245 e. The standard InChI is InChI=1S/C14H17N5O2S/c1-9-2-4-10(5-3-9)6-13-18-19-14(22-13)17-12(21)8-16-11(20)7-15/h2-5H,6-8,15H2,1H3,(H,16,20)(H,17,19,21). The second-order valence-corrected chi connectivity index (χ2v) is 5.75. The number of hydrogen-bond donors (Lipinski definition) is 3. The highest BCUT2D eigenvalue weighted by atomic mass is 32.1. The van der Waals surface area contributed by atoms with Crippen molar-refractivity contribution in [3.8, 4) is 0 Å². The van der Waals surface area contributed by atoms with Crippen LogP contribution in [0, 0.1) is 6.92 Å². The first-order valence-corrected chi connectivity index (χ1v) is 7.53. The van der Waals surface area contributed by atoms with Crippen LogP contribution in [0.4, 0.5) is 5.13 Å². The summed E-state index contributed by atoms with van der Waals surface area (Å²) in [5.41, 5.74) is 7.47. The maximum atomic E-state index is 11.6. The first-order valence-electron chi connectivity index (χ1n) is 6.71. The van der Waals surface area contributed by atoms with Crippen LogP contribution >= 0.6 is 11.3 Å². The SMILES string of the molecule is Cc1ccc(Cc2nnc(NC(=O)CNC(=O)CN)s2)cc1. The molecular formula is C14H17N5O2S. The van der Waals surface area contributed by atoms with Gasteiger partial charge in [0, 0.05) is 6.42 Å². The molecule has 7 nitrogen and oxygen atoms in total. The van der Waals surface area contributed by atoms with Crippen LogP contribution in [0.2, 0.25) is 0 Å². The maximum absolute atomic E-state index is 11.6. The molecule has 0 saturated heterocycles. The zero-order chi connectivity index (χ0) is 15.9. The number of nitrogens with two attached hydrogens (primary N) is 1. The molecule has 0 unspecified atom stereocenters. The van der Waals surface area contributed by atoms with Crippen molar-refractivity contribution in [2.75, 3.05) is 18.4 Å². The molecule has 0 atom stereocenters. The Morgan fingerprint density at radius 1 is 1.18 bits per heavy atom. The topological polar surface area (TPSA) is 110 Å². The average Bonchev–Trinajstić information content (AvgIpc) is 2.94. The summed E-state index contributed by atoms with van der Waals surface area (Å²) in [6, 6.07) is 8.16. The second-order valence-electron chi connectivity index (χ2n) is 4.69. The van der Waals surface area contributed by atoms with E-state index in [2.05, 4.69) is 20.8 Å². The Bertz CT molecular complexity index is 654. The summed E-state index contributed by atoms with van der Waals surface area (Å²) in [6.45, 7) is 1.75. The van der Waals surface area contributed by atoms with Crippen molar-refractivity contribution in [3.05, 3.63) is 40.4 Å². The molecule has 1 aromatic carbocycles. The predicted octanol–water partition coefficient (Wildman–Crippen LogP) is 0.451. The van der Waals surface area contributed by atoms with E-state index in [0.717, 1.165) is 10.6 Å². The van der Waals surface area contributed by atoms with Gasteiger partial charge in [-0.3, -0.25) is 14.9 Å². The summed E-state index contributed by atoms with van der Waals surface area (Å²) in [4.78, 5) is 22.6. The Morgan fingerprint density at radius 3 is 2.59 bits per heavy atom. The number of rotatable bonds is 6. The van der Waals surface area contributed by atoms with Gasteiger partial charge in [0.25, 0.3) is 0 Å². The molecule has 22 heavy (non-hydrogen) atoms. The van der Waals surface area contributed by atoms with E-state index in [4.69, 9.17) is 5.73 Å². The fraction of sp³-hybridized carbons (Fsp3) is 0.286. The number of hydrogen-bond acceptors (Lipinski definition) is 6. The van der Waals surface area contributed by atoms with E-state index < -0.39 is 0 Å². The number of amides is 2. The van der Waals surface area contributed by atoms with Crippen molar-refractivity contribution < 1.29 is 9.59 Å². The van der Waals surface area contributed by atoms with E-state index in [9.17, 15) is 9.59 Å². The zero-order valence-electron chi connectivity index (χ0n) is 12.1. The molecule has 1 heterocycles. The molecular weight excluding hydrogens is 302 g/mol. The van der Waals surface area contributed by atoms with Crippen molar-refractivity contribution in [2.24, 2.45) is 5.73 Å². The van der Waals surface area contributed by atoms with Crippen LogP contribution in [0.5, 0.6) is 0 Å². The van der Waals surface area contributed by atoms with Gasteiger partial charge in [-0.25, -0.2) is 0 Å². The molecule has 0 aliphatic heterocycles. The van der Waals surface area contributed by atoms with Crippen LogP contribution in [-0.2, 0) is 16.0 Å². The predicted molar refractivity (Wildman–Crippen MR) is 84.6 cm³/mol. The Labute approximate surface area is 131 Å². The third-order valence-corrected chi connectivity index (χ3v) is 3.66. The molecule has 8 heteroatoms. The number of nitrogens with zero attached hydrogens (tertiary/aromatic N) is 2. The zero-order valence-corrected chi connectivity index (χ0v) is 12.9.